The third kappa shape index (κ3) is 1.49. The highest BCUT2D eigenvalue weighted by Gasteiger charge is 2.29. The number of benzene rings is 1. The van der Waals surface area contributed by atoms with Crippen LogP contribution in [0.4, 0.5) is 5.69 Å². The van der Waals surface area contributed by atoms with Gasteiger partial charge in [-0.05, 0) is 11.6 Å². The number of hydroxylamine groups is 1. The molecule has 0 saturated heterocycles. The van der Waals surface area contributed by atoms with Crippen molar-refractivity contribution >= 4 is 11.6 Å². The number of carbonyl (C=O) groups is 1. The van der Waals surface area contributed by atoms with E-state index in [1.807, 2.05) is 0 Å². The Morgan fingerprint density at radius 3 is 2.31 bits per heavy atom. The van der Waals surface area contributed by atoms with E-state index in [0.29, 0.717) is 23.6 Å². The Bertz CT molecular complexity index is 430. The summed E-state index contributed by atoms with van der Waals surface area (Å²) < 4.78 is 10.3. The second-order valence-corrected chi connectivity index (χ2v) is 3.38. The normalized spacial score (nSPS) is 13.9. The maximum absolute atomic E-state index is 11.6. The zero-order chi connectivity index (χ0) is 11.7. The van der Waals surface area contributed by atoms with E-state index in [1.54, 1.807) is 26.4 Å². The van der Waals surface area contributed by atoms with Crippen LogP contribution in [0.1, 0.15) is 5.56 Å². The van der Waals surface area contributed by atoms with Crippen LogP contribution in [0.3, 0.4) is 0 Å². The van der Waals surface area contributed by atoms with Crippen LogP contribution in [0.2, 0.25) is 0 Å². The van der Waals surface area contributed by atoms with Crippen LogP contribution in [0, 0.1) is 0 Å². The molecule has 16 heavy (non-hydrogen) atoms. The van der Waals surface area contributed by atoms with Gasteiger partial charge in [-0.3, -0.25) is 9.63 Å². The lowest BCUT2D eigenvalue weighted by molar-refractivity contribution is -0.123. The fourth-order valence-electron chi connectivity index (χ4n) is 1.81. The highest BCUT2D eigenvalue weighted by atomic mass is 16.7. The lowest BCUT2D eigenvalue weighted by Gasteiger charge is -2.15. The van der Waals surface area contributed by atoms with Gasteiger partial charge in [-0.15, -0.1) is 0 Å². The Hall–Kier alpha value is -1.75. The maximum atomic E-state index is 11.6. The van der Waals surface area contributed by atoms with Crippen LogP contribution in [0.5, 0.6) is 11.5 Å². The van der Waals surface area contributed by atoms with E-state index < -0.39 is 0 Å². The fourth-order valence-corrected chi connectivity index (χ4v) is 1.81. The zero-order valence-electron chi connectivity index (χ0n) is 9.44. The largest absolute Gasteiger partial charge is 0.493 e. The molecule has 5 heteroatoms. The summed E-state index contributed by atoms with van der Waals surface area (Å²) in [5.41, 5.74) is 1.59. The van der Waals surface area contributed by atoms with Gasteiger partial charge in [-0.2, -0.15) is 5.06 Å². The zero-order valence-corrected chi connectivity index (χ0v) is 9.44. The van der Waals surface area contributed by atoms with Gasteiger partial charge in [0.25, 0.3) is 5.91 Å². The molecule has 1 aromatic rings. The molecule has 1 amide bonds. The van der Waals surface area contributed by atoms with E-state index in [0.717, 1.165) is 5.56 Å². The smallest absolute Gasteiger partial charge is 0.255 e. The van der Waals surface area contributed by atoms with Gasteiger partial charge in [0.2, 0.25) is 0 Å². The molecule has 0 radical (unpaired) electrons. The summed E-state index contributed by atoms with van der Waals surface area (Å²) in [4.78, 5) is 16.6. The first-order valence-corrected chi connectivity index (χ1v) is 4.83. The van der Waals surface area contributed by atoms with Crippen LogP contribution in [-0.2, 0) is 16.1 Å². The van der Waals surface area contributed by atoms with Crippen molar-refractivity contribution in [2.75, 3.05) is 26.4 Å². The topological polar surface area (TPSA) is 48.0 Å². The molecule has 0 N–H and O–H groups in total. The van der Waals surface area contributed by atoms with Crippen LogP contribution in [0.15, 0.2) is 12.1 Å². The Morgan fingerprint density at radius 1 is 1.12 bits per heavy atom. The Labute approximate surface area is 93.5 Å². The van der Waals surface area contributed by atoms with Gasteiger partial charge in [0, 0.05) is 6.07 Å². The van der Waals surface area contributed by atoms with Crippen molar-refractivity contribution in [3.05, 3.63) is 17.7 Å². The molecule has 0 fully saturated rings. The molecule has 0 spiro atoms. The highest BCUT2D eigenvalue weighted by molar-refractivity contribution is 6.00. The fraction of sp³-hybridized carbons (Fsp3) is 0.364. The molecule has 1 aliphatic rings. The van der Waals surface area contributed by atoms with Gasteiger partial charge >= 0.3 is 0 Å². The average molecular weight is 223 g/mol. The minimum Gasteiger partial charge on any atom is -0.493 e. The van der Waals surface area contributed by atoms with Crippen LogP contribution < -0.4 is 14.5 Å². The number of ether oxygens (including phenoxy) is 2. The van der Waals surface area contributed by atoms with E-state index in [-0.39, 0.29) is 5.91 Å². The van der Waals surface area contributed by atoms with Gasteiger partial charge < -0.3 is 9.47 Å². The van der Waals surface area contributed by atoms with Crippen molar-refractivity contribution in [2.24, 2.45) is 0 Å². The van der Waals surface area contributed by atoms with Crippen LogP contribution in [-0.4, -0.2) is 27.2 Å². The van der Waals surface area contributed by atoms with Crippen LogP contribution in [0.25, 0.3) is 0 Å². The van der Waals surface area contributed by atoms with Crippen molar-refractivity contribution in [1.82, 2.24) is 0 Å². The SMILES string of the molecule is COc1cc2c(cc1OC)N(OC)C(=O)C2. The molecule has 1 aliphatic heterocycles. The summed E-state index contributed by atoms with van der Waals surface area (Å²) in [5.74, 6) is 1.11. The summed E-state index contributed by atoms with van der Waals surface area (Å²) in [5, 5.41) is 1.26. The van der Waals surface area contributed by atoms with Crippen molar-refractivity contribution < 1.29 is 19.1 Å². The number of carbonyl (C=O) groups excluding carboxylic acids is 1. The second-order valence-electron chi connectivity index (χ2n) is 3.38. The lowest BCUT2D eigenvalue weighted by atomic mass is 10.1. The number of anilines is 1. The summed E-state index contributed by atoms with van der Waals surface area (Å²) >= 11 is 0. The van der Waals surface area contributed by atoms with Gasteiger partial charge in [-0.25, -0.2) is 0 Å². The number of methoxy groups -OCH3 is 2. The minimum absolute atomic E-state index is 0.0900. The predicted octanol–water partition coefficient (Wildman–Crippen LogP) is 1.15. The van der Waals surface area contributed by atoms with E-state index in [2.05, 4.69) is 0 Å². The van der Waals surface area contributed by atoms with Crippen molar-refractivity contribution in [3.63, 3.8) is 0 Å². The van der Waals surface area contributed by atoms with Gasteiger partial charge in [0.05, 0.1) is 33.4 Å². The number of hydrogen-bond acceptors (Lipinski definition) is 4. The van der Waals surface area contributed by atoms with Gasteiger partial charge in [-0.1, -0.05) is 0 Å². The molecular weight excluding hydrogens is 210 g/mol. The van der Waals surface area contributed by atoms with Crippen LogP contribution >= 0.6 is 0 Å². The Kier molecular flexibility index (Phi) is 2.70. The first-order valence-electron chi connectivity index (χ1n) is 4.83. The molecule has 0 unspecified atom stereocenters. The van der Waals surface area contributed by atoms with Crippen molar-refractivity contribution in [3.8, 4) is 11.5 Å². The van der Waals surface area contributed by atoms with E-state index >= 15 is 0 Å². The third-order valence-corrected chi connectivity index (χ3v) is 2.55. The lowest BCUT2D eigenvalue weighted by Crippen LogP contribution is -2.24. The number of rotatable bonds is 3. The molecule has 2 rings (SSSR count). The number of fused-ring (bicyclic) bond motifs is 1. The number of hydrogen-bond donors (Lipinski definition) is 0. The summed E-state index contributed by atoms with van der Waals surface area (Å²) in [7, 11) is 4.58. The quantitative estimate of drug-likeness (QED) is 0.771. The first-order chi connectivity index (χ1) is 7.71. The third-order valence-electron chi connectivity index (χ3n) is 2.55. The van der Waals surface area contributed by atoms with Crippen molar-refractivity contribution in [1.29, 1.82) is 0 Å². The Morgan fingerprint density at radius 2 is 1.75 bits per heavy atom. The summed E-state index contributed by atoms with van der Waals surface area (Å²) in [6.07, 6.45) is 0.323. The predicted molar refractivity (Wildman–Crippen MR) is 57.7 cm³/mol. The molecular formula is C11H13NO4. The highest BCUT2D eigenvalue weighted by Crippen LogP contribution is 2.38. The second kappa shape index (κ2) is 4.02. The molecule has 1 heterocycles. The molecule has 0 aromatic heterocycles. The molecule has 5 nitrogen and oxygen atoms in total. The Balaban J connectivity index is 2.51. The molecule has 0 aliphatic carbocycles. The number of nitrogens with zero attached hydrogens (tertiary/aromatic N) is 1. The van der Waals surface area contributed by atoms with Gasteiger partial charge in [0.15, 0.2) is 11.5 Å². The van der Waals surface area contributed by atoms with E-state index in [9.17, 15) is 4.79 Å². The molecule has 1 aromatic carbocycles. The molecule has 86 valence electrons. The summed E-state index contributed by atoms with van der Waals surface area (Å²) in [6, 6.07) is 3.54. The number of amides is 1. The summed E-state index contributed by atoms with van der Waals surface area (Å²) in [6.45, 7) is 0. The minimum atomic E-state index is -0.0900. The molecule has 0 bridgehead atoms. The van der Waals surface area contributed by atoms with Crippen molar-refractivity contribution in [2.45, 2.75) is 6.42 Å². The monoisotopic (exact) mass is 223 g/mol. The van der Waals surface area contributed by atoms with Gasteiger partial charge in [0.1, 0.15) is 0 Å². The van der Waals surface area contributed by atoms with E-state index in [4.69, 9.17) is 14.3 Å². The van der Waals surface area contributed by atoms with E-state index in [1.165, 1.54) is 12.2 Å². The average Bonchev–Trinajstić information content (AvgIpc) is 2.61. The molecule has 0 saturated carbocycles. The first kappa shape index (κ1) is 10.8. The standard InChI is InChI=1S/C11H13NO4/c1-14-9-4-7-5-11(13)12(16-3)8(7)6-10(9)15-2/h4,6H,5H2,1-3H3. The molecule has 0 atom stereocenters. The maximum Gasteiger partial charge on any atom is 0.255 e.